The molecule has 4 heterocycles. The number of aromatic nitrogens is 6. The molecule has 4 aromatic heterocycles. The van der Waals surface area contributed by atoms with Gasteiger partial charge in [-0.1, -0.05) is 6.58 Å². The number of aromatic amines is 4. The van der Waals surface area contributed by atoms with E-state index in [1.807, 2.05) is 6.07 Å². The number of amides is 5. The molecule has 17 nitrogen and oxygen atoms in total. The van der Waals surface area contributed by atoms with Crippen molar-refractivity contribution in [2.75, 3.05) is 27.8 Å². The summed E-state index contributed by atoms with van der Waals surface area (Å²) >= 11 is 2.98. The smallest absolute Gasteiger partial charge is 0.275 e. The van der Waals surface area contributed by atoms with Crippen molar-refractivity contribution in [1.82, 2.24) is 35.7 Å². The monoisotopic (exact) mass is 692 g/mol. The van der Waals surface area contributed by atoms with Crippen molar-refractivity contribution < 1.29 is 24.0 Å². The Balaban J connectivity index is 1.40. The zero-order chi connectivity index (χ0) is 33.7. The van der Waals surface area contributed by atoms with Crippen molar-refractivity contribution in [2.45, 2.75) is 34.1 Å². The number of hydrogen-bond donors (Lipinski definition) is 9. The molecule has 238 valence electrons. The van der Waals surface area contributed by atoms with Crippen LogP contribution in [0.5, 0.6) is 0 Å². The third kappa shape index (κ3) is 6.89. The minimum atomic E-state index is -0.605. The molecule has 0 saturated carbocycles. The first-order chi connectivity index (χ1) is 21.8. The fourth-order valence-corrected chi connectivity index (χ4v) is 4.34. The van der Waals surface area contributed by atoms with Crippen LogP contribution in [0.4, 0.5) is 23.0 Å². The molecule has 0 aliphatic heterocycles. The van der Waals surface area contributed by atoms with Crippen molar-refractivity contribution in [3.05, 3.63) is 68.5 Å². The van der Waals surface area contributed by atoms with E-state index in [0.29, 0.717) is 33.6 Å². The maximum absolute atomic E-state index is 13.1. The van der Waals surface area contributed by atoms with Gasteiger partial charge in [-0.15, -0.1) is 0 Å². The number of anilines is 4. The van der Waals surface area contributed by atoms with E-state index >= 15 is 0 Å². The Morgan fingerprint density at radius 1 is 0.739 bits per heavy atom. The Morgan fingerprint density at radius 3 is 1.70 bits per heavy atom. The zero-order valence-corrected chi connectivity index (χ0v) is 26.6. The molecular formula is C28H29BrN12O5. The topological polar surface area (TPSA) is 258 Å². The van der Waals surface area contributed by atoms with Crippen molar-refractivity contribution in [3.63, 3.8) is 0 Å². The number of halogens is 1. The fraction of sp³-hybridized carbons (Fsp3) is 0.214. The lowest BCUT2D eigenvalue weighted by molar-refractivity contribution is -0.112. The number of carbonyl (C=O) groups excluding carboxylic acids is 5. The Bertz CT molecular complexity index is 1920. The van der Waals surface area contributed by atoms with Gasteiger partial charge in [-0.3, -0.25) is 34.2 Å². The minimum Gasteiger partial charge on any atom is -0.355 e. The first-order valence-electron chi connectivity index (χ1n) is 13.5. The predicted octanol–water partition coefficient (Wildman–Crippen LogP) is 3.27. The summed E-state index contributed by atoms with van der Waals surface area (Å²) in [5.41, 5.74) is 2.95. The minimum absolute atomic E-state index is 0.0653. The predicted molar refractivity (Wildman–Crippen MR) is 171 cm³/mol. The Hall–Kier alpha value is -5.96. The van der Waals surface area contributed by atoms with E-state index in [4.69, 9.17) is 5.26 Å². The van der Waals surface area contributed by atoms with E-state index in [0.717, 1.165) is 0 Å². The molecule has 5 amide bonds. The van der Waals surface area contributed by atoms with E-state index in [9.17, 15) is 24.0 Å². The molecule has 4 aromatic rings. The van der Waals surface area contributed by atoms with Gasteiger partial charge in [-0.05, 0) is 43.6 Å². The van der Waals surface area contributed by atoms with Crippen LogP contribution in [0.25, 0.3) is 0 Å². The summed E-state index contributed by atoms with van der Waals surface area (Å²) in [6.45, 7) is 10.2. The molecule has 0 fully saturated rings. The summed E-state index contributed by atoms with van der Waals surface area (Å²) in [5, 5.41) is 35.0. The lowest BCUT2D eigenvalue weighted by Crippen LogP contribution is -2.25. The van der Waals surface area contributed by atoms with Gasteiger partial charge in [-0.2, -0.15) is 15.5 Å². The van der Waals surface area contributed by atoms with Crippen molar-refractivity contribution >= 4 is 68.5 Å². The van der Waals surface area contributed by atoms with Gasteiger partial charge in [0.25, 0.3) is 29.5 Å². The summed E-state index contributed by atoms with van der Waals surface area (Å²) < 4.78 is 0.0889. The molecule has 46 heavy (non-hydrogen) atoms. The SMILES string of the molecule is C=C(Br)C(=O)Nc1n[nH]c(C(=O)Nc2n[nH]c(C(=O)Nc3c[nH]c(C(=O)Nc4c[nH]c(C(=O)NCCC#N)c4C)c3C)c2C)c1C. The van der Waals surface area contributed by atoms with Crippen LogP contribution in [0.15, 0.2) is 23.5 Å². The largest absolute Gasteiger partial charge is 0.355 e. The highest BCUT2D eigenvalue weighted by atomic mass is 79.9. The Labute approximate surface area is 269 Å². The average Bonchev–Trinajstić information content (AvgIpc) is 3.76. The molecule has 0 bridgehead atoms. The highest BCUT2D eigenvalue weighted by molar-refractivity contribution is 9.12. The number of rotatable bonds is 11. The van der Waals surface area contributed by atoms with Crippen LogP contribution in [0, 0.1) is 39.0 Å². The van der Waals surface area contributed by atoms with Gasteiger partial charge >= 0.3 is 0 Å². The lowest BCUT2D eigenvalue weighted by Gasteiger charge is -2.07. The second-order valence-electron chi connectivity index (χ2n) is 9.93. The number of carbonyl (C=O) groups is 5. The first kappa shape index (κ1) is 32.9. The number of nitrogens with zero attached hydrogens (tertiary/aromatic N) is 3. The first-order valence-corrected chi connectivity index (χ1v) is 14.3. The quantitative estimate of drug-likeness (QED) is 0.0830. The van der Waals surface area contributed by atoms with Gasteiger partial charge in [0.15, 0.2) is 11.6 Å². The van der Waals surface area contributed by atoms with Crippen LogP contribution < -0.4 is 26.6 Å². The van der Waals surface area contributed by atoms with Gasteiger partial charge in [0.2, 0.25) is 0 Å². The van der Waals surface area contributed by atoms with Crippen LogP contribution in [0.1, 0.15) is 70.6 Å². The molecule has 0 aromatic carbocycles. The normalized spacial score (nSPS) is 10.5. The summed E-state index contributed by atoms with van der Waals surface area (Å²) in [7, 11) is 0. The van der Waals surface area contributed by atoms with Gasteiger partial charge in [0, 0.05) is 41.2 Å². The maximum Gasteiger partial charge on any atom is 0.275 e. The fourth-order valence-electron chi connectivity index (χ4n) is 4.24. The van der Waals surface area contributed by atoms with E-state index in [-0.39, 0.29) is 51.9 Å². The average molecular weight is 694 g/mol. The molecule has 4 rings (SSSR count). The van der Waals surface area contributed by atoms with E-state index in [1.54, 1.807) is 27.7 Å². The summed E-state index contributed by atoms with van der Waals surface area (Å²) in [4.78, 5) is 68.9. The van der Waals surface area contributed by atoms with Gasteiger partial charge in [0.1, 0.15) is 22.8 Å². The molecule has 0 aliphatic carbocycles. The third-order valence-corrected chi connectivity index (χ3v) is 7.30. The second-order valence-corrected chi connectivity index (χ2v) is 10.9. The van der Waals surface area contributed by atoms with Crippen LogP contribution in [0.3, 0.4) is 0 Å². The summed E-state index contributed by atoms with van der Waals surface area (Å²) in [5.74, 6) is -2.38. The van der Waals surface area contributed by atoms with Crippen LogP contribution in [-0.4, -0.2) is 66.4 Å². The van der Waals surface area contributed by atoms with Crippen LogP contribution in [-0.2, 0) is 4.79 Å². The number of nitriles is 1. The number of hydrogen-bond acceptors (Lipinski definition) is 8. The third-order valence-electron chi connectivity index (χ3n) is 6.94. The summed E-state index contributed by atoms with van der Waals surface area (Å²) in [6, 6.07) is 1.94. The number of H-pyrrole nitrogens is 4. The molecule has 0 spiro atoms. The maximum atomic E-state index is 13.1. The highest BCUT2D eigenvalue weighted by Crippen LogP contribution is 2.25. The zero-order valence-electron chi connectivity index (χ0n) is 25.0. The Morgan fingerprint density at radius 2 is 1.20 bits per heavy atom. The highest BCUT2D eigenvalue weighted by Gasteiger charge is 2.24. The molecule has 9 N–H and O–H groups in total. The van der Waals surface area contributed by atoms with Gasteiger partial charge < -0.3 is 36.6 Å². The number of nitrogens with one attached hydrogen (secondary N) is 9. The molecular weight excluding hydrogens is 664 g/mol. The summed E-state index contributed by atoms with van der Waals surface area (Å²) in [6.07, 6.45) is 3.11. The van der Waals surface area contributed by atoms with Gasteiger partial charge in [0.05, 0.1) is 28.3 Å². The molecule has 0 aliphatic rings. The Kier molecular flexibility index (Phi) is 9.87. The molecule has 0 atom stereocenters. The van der Waals surface area contributed by atoms with E-state index in [2.05, 4.69) is 79.5 Å². The standard InChI is InChI=1S/C28H29BrN12O5/c1-11-16(9-32-18(11)25(43)31-8-6-7-30)34-26(44)19-12(2)17(10-33-19)35-27(45)20-13(3)23(41-38-20)37-28(46)21-14(4)22(40-39-21)36-24(42)15(5)29/h9-10,32-33H,5-6,8H2,1-4H3,(H,31,43)(H,34,44)(H,35,45)(H2,36,39,40,42)(H2,37,38,41,46). The van der Waals surface area contributed by atoms with Crippen LogP contribution >= 0.6 is 15.9 Å². The van der Waals surface area contributed by atoms with Crippen molar-refractivity contribution in [1.29, 1.82) is 5.26 Å². The molecule has 0 saturated heterocycles. The molecule has 0 unspecified atom stereocenters. The second kappa shape index (κ2) is 13.8. The lowest BCUT2D eigenvalue weighted by atomic mass is 10.2. The van der Waals surface area contributed by atoms with Crippen molar-refractivity contribution in [3.8, 4) is 6.07 Å². The molecule has 0 radical (unpaired) electrons. The van der Waals surface area contributed by atoms with Crippen molar-refractivity contribution in [2.24, 2.45) is 0 Å². The van der Waals surface area contributed by atoms with Crippen LogP contribution in [0.2, 0.25) is 0 Å². The molecule has 18 heteroatoms. The van der Waals surface area contributed by atoms with E-state index in [1.165, 1.54) is 12.4 Å². The van der Waals surface area contributed by atoms with Gasteiger partial charge in [-0.25, -0.2) is 0 Å². The van der Waals surface area contributed by atoms with E-state index < -0.39 is 29.5 Å².